The van der Waals surface area contributed by atoms with E-state index in [1.54, 1.807) is 9.80 Å². The van der Waals surface area contributed by atoms with Gasteiger partial charge in [-0.25, -0.2) is 9.71 Å². The first-order valence-electron chi connectivity index (χ1n) is 9.18. The molecule has 0 bridgehead atoms. The fourth-order valence-electron chi connectivity index (χ4n) is 3.42. The van der Waals surface area contributed by atoms with E-state index in [9.17, 15) is 9.59 Å². The highest BCUT2D eigenvalue weighted by Crippen LogP contribution is 2.31. The van der Waals surface area contributed by atoms with E-state index in [0.717, 1.165) is 14.6 Å². The molecular formula is C18H21ClN4O3S2. The van der Waals surface area contributed by atoms with Crippen molar-refractivity contribution in [1.29, 1.82) is 0 Å². The Labute approximate surface area is 176 Å². The van der Waals surface area contributed by atoms with Gasteiger partial charge in [0.05, 0.1) is 29.5 Å². The second kappa shape index (κ2) is 8.54. The molecular weight excluding hydrogens is 420 g/mol. The van der Waals surface area contributed by atoms with Crippen LogP contribution in [0.2, 0.25) is 5.02 Å². The molecule has 0 saturated carbocycles. The highest BCUT2D eigenvalue weighted by atomic mass is 35.5. The summed E-state index contributed by atoms with van der Waals surface area (Å²) in [6, 6.07) is 4.82. The first-order chi connectivity index (χ1) is 13.5. The lowest BCUT2D eigenvalue weighted by Crippen LogP contribution is -2.52. The van der Waals surface area contributed by atoms with Crippen molar-refractivity contribution in [2.75, 3.05) is 32.8 Å². The molecule has 0 spiro atoms. The predicted molar refractivity (Wildman–Crippen MR) is 111 cm³/mol. The van der Waals surface area contributed by atoms with Gasteiger partial charge in [-0.3, -0.25) is 9.59 Å². The van der Waals surface area contributed by atoms with Crippen molar-refractivity contribution in [3.05, 3.63) is 23.2 Å². The molecule has 0 radical (unpaired) electrons. The summed E-state index contributed by atoms with van der Waals surface area (Å²) in [6.45, 7) is 4.67. The Bertz CT molecular complexity index is 887. The Morgan fingerprint density at radius 3 is 2.96 bits per heavy atom. The Morgan fingerprint density at radius 2 is 2.18 bits per heavy atom. The maximum Gasteiger partial charge on any atom is 0.245 e. The number of nitrogens with zero attached hydrogens (tertiary/aromatic N) is 3. The maximum absolute atomic E-state index is 12.8. The van der Waals surface area contributed by atoms with Gasteiger partial charge in [-0.2, -0.15) is 0 Å². The predicted octanol–water partition coefficient (Wildman–Crippen LogP) is 2.39. The Hall–Kier alpha value is -1.39. The first kappa shape index (κ1) is 19.9. The third-order valence-corrected chi connectivity index (χ3v) is 7.22. The van der Waals surface area contributed by atoms with Gasteiger partial charge in [0, 0.05) is 24.7 Å². The van der Waals surface area contributed by atoms with Crippen LogP contribution in [0.15, 0.2) is 22.5 Å². The van der Waals surface area contributed by atoms with Gasteiger partial charge in [-0.1, -0.05) is 11.6 Å². The lowest BCUT2D eigenvalue weighted by molar-refractivity contribution is -0.146. The number of hydrogen-bond acceptors (Lipinski definition) is 7. The normalized spacial score (nSPS) is 21.5. The average molecular weight is 441 g/mol. The topological polar surface area (TPSA) is 74.8 Å². The number of rotatable bonds is 5. The van der Waals surface area contributed by atoms with Crippen molar-refractivity contribution in [3.63, 3.8) is 0 Å². The minimum atomic E-state index is -0.452. The van der Waals surface area contributed by atoms with Crippen molar-refractivity contribution in [2.45, 2.75) is 29.8 Å². The van der Waals surface area contributed by atoms with E-state index in [2.05, 4.69) is 9.71 Å². The van der Waals surface area contributed by atoms with Gasteiger partial charge in [0.2, 0.25) is 11.8 Å². The van der Waals surface area contributed by atoms with Gasteiger partial charge < -0.3 is 14.5 Å². The highest BCUT2D eigenvalue weighted by Gasteiger charge is 2.38. The summed E-state index contributed by atoms with van der Waals surface area (Å²) < 4.78 is 10.4. The number of fused-ring (bicyclic) bond motifs is 1. The number of amides is 2. The molecule has 1 N–H and O–H groups in total. The van der Waals surface area contributed by atoms with Crippen LogP contribution in [0.5, 0.6) is 0 Å². The molecule has 2 aliphatic rings. The SMILES string of the molecule is CC(C(=O)N1CCOCC1)N1CCC(NSc2nc3ccc(Cl)cc3s2)C1=O. The number of nitrogens with one attached hydrogen (secondary N) is 1. The van der Waals surface area contributed by atoms with Crippen LogP contribution in [0.4, 0.5) is 0 Å². The molecule has 2 aromatic rings. The Balaban J connectivity index is 1.35. The van der Waals surface area contributed by atoms with Gasteiger partial charge in [0.15, 0.2) is 4.34 Å². The zero-order chi connectivity index (χ0) is 19.7. The second-order valence-corrected chi connectivity index (χ2v) is 9.35. The number of hydrogen-bond donors (Lipinski definition) is 1. The zero-order valence-corrected chi connectivity index (χ0v) is 17.8. The van der Waals surface area contributed by atoms with Crippen LogP contribution in [0.3, 0.4) is 0 Å². The molecule has 2 saturated heterocycles. The van der Waals surface area contributed by atoms with Crippen LogP contribution in [-0.2, 0) is 14.3 Å². The summed E-state index contributed by atoms with van der Waals surface area (Å²) in [7, 11) is 0. The van der Waals surface area contributed by atoms with E-state index in [0.29, 0.717) is 44.3 Å². The Morgan fingerprint density at radius 1 is 1.39 bits per heavy atom. The smallest absolute Gasteiger partial charge is 0.245 e. The van der Waals surface area contributed by atoms with Gasteiger partial charge in [-0.05, 0) is 43.5 Å². The number of morpholine rings is 1. The third-order valence-electron chi connectivity index (χ3n) is 5.01. The highest BCUT2D eigenvalue weighted by molar-refractivity contribution is 7.99. The average Bonchev–Trinajstić information content (AvgIpc) is 3.28. The van der Waals surface area contributed by atoms with Gasteiger partial charge >= 0.3 is 0 Å². The number of ether oxygens (including phenoxy) is 1. The van der Waals surface area contributed by atoms with E-state index in [1.165, 1.54) is 23.3 Å². The largest absolute Gasteiger partial charge is 0.378 e. The van der Waals surface area contributed by atoms with E-state index in [4.69, 9.17) is 16.3 Å². The second-order valence-electron chi connectivity index (χ2n) is 6.80. The first-order valence-corrected chi connectivity index (χ1v) is 11.2. The van der Waals surface area contributed by atoms with E-state index in [-0.39, 0.29) is 17.9 Å². The number of likely N-dealkylation sites (tertiary alicyclic amines) is 1. The molecule has 4 rings (SSSR count). The van der Waals surface area contributed by atoms with Crippen LogP contribution < -0.4 is 4.72 Å². The third kappa shape index (κ3) is 4.13. The molecule has 3 heterocycles. The van der Waals surface area contributed by atoms with E-state index < -0.39 is 6.04 Å². The molecule has 1 aromatic heterocycles. The van der Waals surface area contributed by atoms with Crippen molar-refractivity contribution in [3.8, 4) is 0 Å². The lowest BCUT2D eigenvalue weighted by atomic mass is 10.2. The van der Waals surface area contributed by atoms with Crippen LogP contribution in [0, 0.1) is 0 Å². The quantitative estimate of drug-likeness (QED) is 0.719. The molecule has 2 fully saturated rings. The molecule has 2 aliphatic heterocycles. The number of benzene rings is 1. The summed E-state index contributed by atoms with van der Waals surface area (Å²) in [5.41, 5.74) is 0.891. The number of thiazole rings is 1. The van der Waals surface area contributed by atoms with Crippen molar-refractivity contribution < 1.29 is 14.3 Å². The summed E-state index contributed by atoms with van der Waals surface area (Å²) in [5, 5.41) is 0.682. The van der Waals surface area contributed by atoms with Crippen molar-refractivity contribution in [1.82, 2.24) is 19.5 Å². The molecule has 1 aromatic carbocycles. The van der Waals surface area contributed by atoms with Crippen molar-refractivity contribution in [2.24, 2.45) is 0 Å². The van der Waals surface area contributed by atoms with Gasteiger partial charge in [-0.15, -0.1) is 11.3 Å². The van der Waals surface area contributed by atoms with E-state index >= 15 is 0 Å². The molecule has 2 amide bonds. The fraction of sp³-hybridized carbons (Fsp3) is 0.500. The van der Waals surface area contributed by atoms with Gasteiger partial charge in [0.1, 0.15) is 6.04 Å². The van der Waals surface area contributed by atoms with Crippen LogP contribution in [0.1, 0.15) is 13.3 Å². The minimum absolute atomic E-state index is 0.00648. The molecule has 150 valence electrons. The number of carbonyl (C=O) groups is 2. The molecule has 2 unspecified atom stereocenters. The van der Waals surface area contributed by atoms with Crippen molar-refractivity contribution >= 4 is 56.9 Å². The summed E-state index contributed by atoms with van der Waals surface area (Å²) >= 11 is 8.92. The Kier molecular flexibility index (Phi) is 6.07. The minimum Gasteiger partial charge on any atom is -0.378 e. The monoisotopic (exact) mass is 440 g/mol. The number of halogens is 1. The maximum atomic E-state index is 12.8. The van der Waals surface area contributed by atoms with Crippen LogP contribution in [-0.4, -0.2) is 71.5 Å². The van der Waals surface area contributed by atoms with E-state index in [1.807, 2.05) is 25.1 Å². The zero-order valence-electron chi connectivity index (χ0n) is 15.4. The standard InChI is InChI=1S/C18H21ClN4O3S2/c1-11(16(24)22-6-8-26-9-7-22)23-5-4-14(17(23)25)21-28-18-20-13-3-2-12(19)10-15(13)27-18/h2-3,10-11,14,21H,4-9H2,1H3. The van der Waals surface area contributed by atoms with Gasteiger partial charge in [0.25, 0.3) is 0 Å². The molecule has 2 atom stereocenters. The molecule has 10 heteroatoms. The summed E-state index contributed by atoms with van der Waals surface area (Å²) in [6.07, 6.45) is 0.670. The number of aromatic nitrogens is 1. The fourth-order valence-corrected chi connectivity index (χ4v) is 5.58. The number of carbonyl (C=O) groups excluding carboxylic acids is 2. The summed E-state index contributed by atoms with van der Waals surface area (Å²) in [4.78, 5) is 33.5. The van der Waals surface area contributed by atoms with Crippen LogP contribution in [0.25, 0.3) is 10.2 Å². The molecule has 0 aliphatic carbocycles. The van der Waals surface area contributed by atoms with Crippen LogP contribution >= 0.6 is 34.9 Å². The summed E-state index contributed by atoms with van der Waals surface area (Å²) in [5.74, 6) is -0.0428. The molecule has 7 nitrogen and oxygen atoms in total. The lowest BCUT2D eigenvalue weighted by Gasteiger charge is -2.32. The molecule has 28 heavy (non-hydrogen) atoms.